The van der Waals surface area contributed by atoms with Gasteiger partial charge in [-0.3, -0.25) is 0 Å². The van der Waals surface area contributed by atoms with Crippen molar-refractivity contribution in [3.63, 3.8) is 0 Å². The predicted molar refractivity (Wildman–Crippen MR) is 134 cm³/mol. The van der Waals surface area contributed by atoms with E-state index in [1.807, 2.05) is 0 Å². The fourth-order valence-corrected chi connectivity index (χ4v) is 12.0. The molecule has 3 aliphatic carbocycles. The van der Waals surface area contributed by atoms with E-state index in [1.54, 1.807) is 33.4 Å². The lowest BCUT2D eigenvalue weighted by atomic mass is 10.1. The van der Waals surface area contributed by atoms with Gasteiger partial charge in [-0.25, -0.2) is 0 Å². The zero-order valence-corrected chi connectivity index (χ0v) is 19.6. The molecule has 0 bridgehead atoms. The summed E-state index contributed by atoms with van der Waals surface area (Å²) in [6.07, 6.45) is 7.37. The molecule has 31 heavy (non-hydrogen) atoms. The van der Waals surface area contributed by atoms with Gasteiger partial charge in [-0.1, -0.05) is 108 Å². The third kappa shape index (κ3) is 2.88. The Morgan fingerprint density at radius 2 is 0.742 bits per heavy atom. The average Bonchev–Trinajstić information content (AvgIpc) is 3.39. The molecule has 0 N–H and O–H groups in total. The molecule has 0 aromatic heterocycles. The second-order valence-corrected chi connectivity index (χ2v) is 12.7. The van der Waals surface area contributed by atoms with E-state index >= 15 is 0 Å². The van der Waals surface area contributed by atoms with Gasteiger partial charge in [0.25, 0.3) is 0 Å². The van der Waals surface area contributed by atoms with Gasteiger partial charge in [0.2, 0.25) is 0 Å². The quantitative estimate of drug-likeness (QED) is 0.385. The highest BCUT2D eigenvalue weighted by molar-refractivity contribution is 6.67. The Kier molecular flexibility index (Phi) is 4.46. The summed E-state index contributed by atoms with van der Waals surface area (Å²) in [7, 11) is 0. The molecule has 1 heteroatoms. The molecular weight excluding hydrogens is 387 g/mol. The van der Waals surface area contributed by atoms with Crippen molar-refractivity contribution < 1.29 is 0 Å². The number of fused-ring (bicyclic) bond motifs is 3. The molecule has 3 aliphatic rings. The minimum Gasteiger partial charge on any atom is -0.0783 e. The van der Waals surface area contributed by atoms with Gasteiger partial charge in [0.1, 0.15) is 0 Å². The first-order chi connectivity index (χ1) is 15.1. The highest BCUT2D eigenvalue weighted by atomic mass is 27.2. The predicted octanol–water partition coefficient (Wildman–Crippen LogP) is 7.70. The SMILES string of the molecule is CC1=Cc2ccccc2[CH]1[Al]([CH]1C(C)=Cc2ccccc21)[CH]1C(C)=Cc2ccccc21. The van der Waals surface area contributed by atoms with Gasteiger partial charge < -0.3 is 0 Å². The van der Waals surface area contributed by atoms with Crippen molar-refractivity contribution in [3.8, 4) is 0 Å². The van der Waals surface area contributed by atoms with E-state index in [-0.39, 0.29) is 0 Å². The van der Waals surface area contributed by atoms with Crippen molar-refractivity contribution in [1.29, 1.82) is 0 Å². The fourth-order valence-electron chi connectivity index (χ4n) is 6.63. The lowest BCUT2D eigenvalue weighted by Gasteiger charge is -2.35. The van der Waals surface area contributed by atoms with Crippen LogP contribution in [0.15, 0.2) is 89.5 Å². The molecule has 3 aromatic rings. The summed E-state index contributed by atoms with van der Waals surface area (Å²) in [4.78, 5) is 0. The number of allylic oxidation sites excluding steroid dienone is 3. The van der Waals surface area contributed by atoms with E-state index in [9.17, 15) is 0 Å². The van der Waals surface area contributed by atoms with Gasteiger partial charge in [0.15, 0.2) is 0 Å². The van der Waals surface area contributed by atoms with Crippen LogP contribution in [0.4, 0.5) is 0 Å². The Hall–Kier alpha value is -2.59. The topological polar surface area (TPSA) is 0 Å². The molecule has 150 valence electrons. The first-order valence-corrected chi connectivity index (χ1v) is 13.4. The molecular formula is C30H27Al. The van der Waals surface area contributed by atoms with E-state index in [0.717, 1.165) is 0 Å². The summed E-state index contributed by atoms with van der Waals surface area (Å²) in [5.74, 6) is 0. The Balaban J connectivity index is 1.58. The van der Waals surface area contributed by atoms with E-state index < -0.39 is 14.1 Å². The standard InChI is InChI=1S/3C10H9.Al/c3*1-8-6-9-4-2-3-5-10(9)7-8;/h3*2-7H,1H3;. The zero-order chi connectivity index (χ0) is 21.1. The molecule has 0 heterocycles. The van der Waals surface area contributed by atoms with Gasteiger partial charge in [-0.05, 0) is 68.5 Å². The molecule has 0 nitrogen and oxygen atoms in total. The van der Waals surface area contributed by atoms with Crippen molar-refractivity contribution in [3.05, 3.63) is 123 Å². The normalized spacial score (nSPS) is 22.9. The molecule has 3 aromatic carbocycles. The smallest absolute Gasteiger partial charge is 0.0783 e. The molecule has 6 rings (SSSR count). The molecule has 0 fully saturated rings. The fraction of sp³-hybridized carbons (Fsp3) is 0.200. The minimum atomic E-state index is -1.48. The van der Waals surface area contributed by atoms with Crippen LogP contribution in [-0.4, -0.2) is 14.1 Å². The molecule has 0 saturated carbocycles. The zero-order valence-electron chi connectivity index (χ0n) is 18.5. The van der Waals surface area contributed by atoms with Crippen LogP contribution in [0.5, 0.6) is 0 Å². The highest BCUT2D eigenvalue weighted by Crippen LogP contribution is 2.53. The summed E-state index contributed by atoms with van der Waals surface area (Å²) in [6, 6.07) is 27.4. The van der Waals surface area contributed by atoms with Crippen LogP contribution >= 0.6 is 0 Å². The highest BCUT2D eigenvalue weighted by Gasteiger charge is 2.50. The molecule has 3 atom stereocenters. The first kappa shape index (κ1) is 19.1. The van der Waals surface area contributed by atoms with Crippen LogP contribution in [-0.2, 0) is 0 Å². The number of hydrogen-bond donors (Lipinski definition) is 0. The second-order valence-electron chi connectivity index (χ2n) is 9.56. The maximum absolute atomic E-state index is 2.46. The minimum absolute atomic E-state index is 0.565. The second kappa shape index (κ2) is 7.23. The van der Waals surface area contributed by atoms with Gasteiger partial charge >= 0.3 is 14.1 Å². The summed E-state index contributed by atoms with van der Waals surface area (Å²) in [6.45, 7) is 7.14. The number of benzene rings is 3. The van der Waals surface area contributed by atoms with Crippen molar-refractivity contribution in [2.45, 2.75) is 35.1 Å². The van der Waals surface area contributed by atoms with E-state index in [2.05, 4.69) is 112 Å². The maximum Gasteiger partial charge on any atom is 0.306 e. The molecule has 0 saturated heterocycles. The van der Waals surface area contributed by atoms with Gasteiger partial charge in [0.05, 0.1) is 0 Å². The van der Waals surface area contributed by atoms with Crippen LogP contribution in [0, 0.1) is 0 Å². The average molecular weight is 415 g/mol. The van der Waals surface area contributed by atoms with Crippen LogP contribution in [0.2, 0.25) is 0 Å². The van der Waals surface area contributed by atoms with Crippen LogP contribution in [0.25, 0.3) is 18.2 Å². The largest absolute Gasteiger partial charge is 0.306 e. The van der Waals surface area contributed by atoms with Crippen LogP contribution in [0.3, 0.4) is 0 Å². The summed E-state index contributed by atoms with van der Waals surface area (Å²) in [5, 5.41) is 0. The molecule has 0 aliphatic heterocycles. The number of rotatable bonds is 3. The Bertz CT molecular complexity index is 1130. The Morgan fingerprint density at radius 3 is 1.06 bits per heavy atom. The van der Waals surface area contributed by atoms with Crippen molar-refractivity contribution in [1.82, 2.24) is 0 Å². The molecule has 0 radical (unpaired) electrons. The lowest BCUT2D eigenvalue weighted by Crippen LogP contribution is -2.38. The van der Waals surface area contributed by atoms with Gasteiger partial charge in [-0.2, -0.15) is 0 Å². The summed E-state index contributed by atoms with van der Waals surface area (Å²) in [5.41, 5.74) is 13.7. The monoisotopic (exact) mass is 414 g/mol. The van der Waals surface area contributed by atoms with E-state index in [0.29, 0.717) is 14.3 Å². The van der Waals surface area contributed by atoms with Gasteiger partial charge in [-0.15, -0.1) is 0 Å². The third-order valence-electron chi connectivity index (χ3n) is 7.77. The maximum atomic E-state index is 2.46. The molecule has 3 unspecified atom stereocenters. The van der Waals surface area contributed by atoms with Gasteiger partial charge in [0, 0.05) is 0 Å². The van der Waals surface area contributed by atoms with E-state index in [1.165, 1.54) is 16.7 Å². The summed E-state index contributed by atoms with van der Waals surface area (Å²) < 4.78 is 1.70. The Morgan fingerprint density at radius 1 is 0.452 bits per heavy atom. The van der Waals surface area contributed by atoms with Crippen molar-refractivity contribution in [2.24, 2.45) is 0 Å². The van der Waals surface area contributed by atoms with E-state index in [4.69, 9.17) is 0 Å². The Labute approximate surface area is 190 Å². The number of hydrogen-bond acceptors (Lipinski definition) is 0. The molecule has 0 amide bonds. The third-order valence-corrected chi connectivity index (χ3v) is 12.7. The van der Waals surface area contributed by atoms with Crippen molar-refractivity contribution in [2.75, 3.05) is 0 Å². The lowest BCUT2D eigenvalue weighted by molar-refractivity contribution is 0.928. The molecule has 0 spiro atoms. The van der Waals surface area contributed by atoms with Crippen molar-refractivity contribution >= 4 is 32.4 Å². The summed E-state index contributed by atoms with van der Waals surface area (Å²) >= 11 is -1.48. The first-order valence-electron chi connectivity index (χ1n) is 11.4. The van der Waals surface area contributed by atoms with Crippen LogP contribution < -0.4 is 0 Å². The van der Waals surface area contributed by atoms with Crippen LogP contribution in [0.1, 0.15) is 68.5 Å².